The van der Waals surface area contributed by atoms with Crippen molar-refractivity contribution in [1.29, 1.82) is 0 Å². The second kappa shape index (κ2) is 7.88. The summed E-state index contributed by atoms with van der Waals surface area (Å²) in [5.41, 5.74) is 14.7. The van der Waals surface area contributed by atoms with Crippen LogP contribution in [0.3, 0.4) is 0 Å². The van der Waals surface area contributed by atoms with Crippen molar-refractivity contribution in [3.05, 3.63) is 89.4 Å². The fraction of sp³-hybridized carbons (Fsp3) is 0.111. The van der Waals surface area contributed by atoms with E-state index in [0.29, 0.717) is 12.2 Å². The van der Waals surface area contributed by atoms with Crippen LogP contribution in [0, 0.1) is 0 Å². The third-order valence-electron chi connectivity index (χ3n) is 3.17. The molecule has 0 fully saturated rings. The molecular weight excluding hydrogens is 279 g/mol. The van der Waals surface area contributed by atoms with Gasteiger partial charge in [-0.25, -0.2) is 4.39 Å². The maximum Gasteiger partial charge on any atom is 0.185 e. The molecule has 0 radical (unpaired) electrons. The van der Waals surface area contributed by atoms with Gasteiger partial charge in [0.2, 0.25) is 0 Å². The van der Waals surface area contributed by atoms with E-state index in [2.05, 4.69) is 0 Å². The topological polar surface area (TPSA) is 61.3 Å². The maximum absolute atomic E-state index is 12.5. The molecule has 0 aliphatic rings. The molecule has 22 heavy (non-hydrogen) atoms. The van der Waals surface area contributed by atoms with Crippen molar-refractivity contribution in [2.45, 2.75) is 13.3 Å². The van der Waals surface area contributed by atoms with Crippen LogP contribution in [0.4, 0.5) is 4.39 Å². The van der Waals surface area contributed by atoms with Crippen LogP contribution < -0.4 is 11.5 Å². The Bertz CT molecular complexity index is 649. The highest BCUT2D eigenvalue weighted by atomic mass is 19.1. The molecule has 0 bridgehead atoms. The minimum Gasteiger partial charge on any atom is -0.475 e. The van der Waals surface area contributed by atoms with Crippen molar-refractivity contribution in [1.82, 2.24) is 0 Å². The Morgan fingerprint density at radius 2 is 1.68 bits per heavy atom. The van der Waals surface area contributed by atoms with Gasteiger partial charge in [0.15, 0.2) is 5.88 Å². The van der Waals surface area contributed by atoms with Gasteiger partial charge in [-0.2, -0.15) is 0 Å². The summed E-state index contributed by atoms with van der Waals surface area (Å²) in [4.78, 5) is 0. The van der Waals surface area contributed by atoms with Crippen LogP contribution in [0.5, 0.6) is 0 Å². The molecule has 4 heteroatoms. The van der Waals surface area contributed by atoms with Gasteiger partial charge in [-0.1, -0.05) is 54.6 Å². The Morgan fingerprint density at radius 1 is 1.00 bits per heavy atom. The minimum atomic E-state index is -0.486. The molecule has 2 rings (SSSR count). The predicted octanol–water partition coefficient (Wildman–Crippen LogP) is 3.47. The van der Waals surface area contributed by atoms with Crippen molar-refractivity contribution in [3.63, 3.8) is 0 Å². The summed E-state index contributed by atoms with van der Waals surface area (Å²) in [5.74, 6) is 0.273. The molecule has 0 aromatic heterocycles. The number of benzene rings is 2. The largest absolute Gasteiger partial charge is 0.475 e. The zero-order valence-corrected chi connectivity index (χ0v) is 12.2. The summed E-state index contributed by atoms with van der Waals surface area (Å²) in [7, 11) is 0. The molecule has 0 spiro atoms. The van der Waals surface area contributed by atoms with Crippen molar-refractivity contribution in [2.75, 3.05) is 0 Å². The van der Waals surface area contributed by atoms with Crippen molar-refractivity contribution in [2.24, 2.45) is 11.5 Å². The quantitative estimate of drug-likeness (QED) is 0.634. The van der Waals surface area contributed by atoms with Gasteiger partial charge in [0.25, 0.3) is 0 Å². The number of halogens is 1. The molecule has 0 saturated heterocycles. The summed E-state index contributed by atoms with van der Waals surface area (Å²) in [6.07, 6.45) is 3.11. The van der Waals surface area contributed by atoms with Crippen LogP contribution in [-0.4, -0.2) is 0 Å². The molecule has 0 aliphatic heterocycles. The van der Waals surface area contributed by atoms with Crippen LogP contribution in [0.1, 0.15) is 16.7 Å². The van der Waals surface area contributed by atoms with Crippen LogP contribution in [0.15, 0.2) is 72.8 Å². The average Bonchev–Trinajstić information content (AvgIpc) is 2.59. The third kappa shape index (κ3) is 4.38. The molecular formula is C18H19FN2O. The van der Waals surface area contributed by atoms with Gasteiger partial charge < -0.3 is 16.2 Å². The lowest BCUT2D eigenvalue weighted by Gasteiger charge is -2.08. The Balaban J connectivity index is 2.04. The van der Waals surface area contributed by atoms with E-state index in [1.807, 2.05) is 30.3 Å². The van der Waals surface area contributed by atoms with Crippen molar-refractivity contribution in [3.8, 4) is 0 Å². The first kappa shape index (κ1) is 15.6. The highest BCUT2D eigenvalue weighted by molar-refractivity contribution is 5.73. The van der Waals surface area contributed by atoms with Gasteiger partial charge in [0.05, 0.1) is 0 Å². The number of nitrogens with two attached hydrogens (primary N) is 2. The SMILES string of the molecule is N/C=C(\C=C(/N)OCc1ccccc1)c1ccc(CF)cc1. The monoisotopic (exact) mass is 298 g/mol. The summed E-state index contributed by atoms with van der Waals surface area (Å²) in [5, 5.41) is 0. The molecule has 0 heterocycles. The lowest BCUT2D eigenvalue weighted by Crippen LogP contribution is -2.04. The number of alkyl halides is 1. The second-order valence-corrected chi connectivity index (χ2v) is 4.77. The standard InChI is InChI=1S/C18H19FN2O/c19-11-14-6-8-16(9-7-14)17(12-20)10-18(21)22-13-15-4-2-1-3-5-15/h1-10,12H,11,13,20-21H2/b17-12+,18-10+. The zero-order valence-electron chi connectivity index (χ0n) is 12.2. The van der Waals surface area contributed by atoms with Gasteiger partial charge in [-0.15, -0.1) is 0 Å². The van der Waals surface area contributed by atoms with Gasteiger partial charge in [0.1, 0.15) is 13.3 Å². The van der Waals surface area contributed by atoms with E-state index in [-0.39, 0.29) is 5.88 Å². The van der Waals surface area contributed by atoms with E-state index in [4.69, 9.17) is 16.2 Å². The summed E-state index contributed by atoms with van der Waals surface area (Å²) in [6, 6.07) is 16.8. The summed E-state index contributed by atoms with van der Waals surface area (Å²) < 4.78 is 18.0. The number of rotatable bonds is 6. The third-order valence-corrected chi connectivity index (χ3v) is 3.17. The smallest absolute Gasteiger partial charge is 0.185 e. The van der Waals surface area contributed by atoms with E-state index >= 15 is 0 Å². The highest BCUT2D eigenvalue weighted by Crippen LogP contribution is 2.17. The highest BCUT2D eigenvalue weighted by Gasteiger charge is 2.02. The van der Waals surface area contributed by atoms with Gasteiger partial charge >= 0.3 is 0 Å². The molecule has 0 amide bonds. The second-order valence-electron chi connectivity index (χ2n) is 4.77. The molecule has 0 aliphatic carbocycles. The van der Waals surface area contributed by atoms with E-state index in [9.17, 15) is 4.39 Å². The fourth-order valence-corrected chi connectivity index (χ4v) is 1.95. The number of hydrogen-bond donors (Lipinski definition) is 2. The van der Waals surface area contributed by atoms with Crippen molar-refractivity contribution < 1.29 is 9.13 Å². The van der Waals surface area contributed by atoms with Gasteiger partial charge in [0, 0.05) is 17.8 Å². The summed E-state index contributed by atoms with van der Waals surface area (Å²) in [6.45, 7) is -0.0953. The normalized spacial score (nSPS) is 12.2. The van der Waals surface area contributed by atoms with E-state index < -0.39 is 6.67 Å². The Morgan fingerprint density at radius 3 is 2.27 bits per heavy atom. The number of ether oxygens (including phenoxy) is 1. The van der Waals surface area contributed by atoms with Gasteiger partial charge in [-0.3, -0.25) is 0 Å². The predicted molar refractivity (Wildman–Crippen MR) is 86.9 cm³/mol. The zero-order chi connectivity index (χ0) is 15.8. The molecule has 0 saturated carbocycles. The van der Waals surface area contributed by atoms with Crippen LogP contribution >= 0.6 is 0 Å². The molecule has 0 atom stereocenters. The first-order chi connectivity index (χ1) is 10.7. The first-order valence-corrected chi connectivity index (χ1v) is 6.94. The Kier molecular flexibility index (Phi) is 5.60. The molecule has 2 aromatic carbocycles. The summed E-state index contributed by atoms with van der Waals surface area (Å²) >= 11 is 0. The number of hydrogen-bond acceptors (Lipinski definition) is 3. The van der Waals surface area contributed by atoms with Gasteiger partial charge in [-0.05, 0) is 16.7 Å². The minimum absolute atomic E-state index is 0.273. The molecule has 3 nitrogen and oxygen atoms in total. The van der Waals surface area contributed by atoms with E-state index in [1.54, 1.807) is 30.3 Å². The Labute approximate surface area is 129 Å². The number of allylic oxidation sites excluding steroid dienone is 2. The van der Waals surface area contributed by atoms with Crippen LogP contribution in [0.25, 0.3) is 5.57 Å². The first-order valence-electron chi connectivity index (χ1n) is 6.94. The van der Waals surface area contributed by atoms with E-state index in [1.165, 1.54) is 6.20 Å². The lowest BCUT2D eigenvalue weighted by atomic mass is 10.0. The molecule has 2 aromatic rings. The Hall–Kier alpha value is -2.75. The molecule has 0 unspecified atom stereocenters. The van der Waals surface area contributed by atoms with Crippen LogP contribution in [-0.2, 0) is 18.0 Å². The van der Waals surface area contributed by atoms with Crippen molar-refractivity contribution >= 4 is 5.57 Å². The van der Waals surface area contributed by atoms with E-state index in [0.717, 1.165) is 16.7 Å². The molecule has 114 valence electrons. The lowest BCUT2D eigenvalue weighted by molar-refractivity contribution is 0.196. The molecule has 4 N–H and O–H groups in total. The van der Waals surface area contributed by atoms with Crippen LogP contribution in [0.2, 0.25) is 0 Å². The average molecular weight is 298 g/mol. The fourth-order valence-electron chi connectivity index (χ4n) is 1.95. The maximum atomic E-state index is 12.5.